The zero-order valence-electron chi connectivity index (χ0n) is 15.2. The lowest BCUT2D eigenvalue weighted by Gasteiger charge is -2.13. The number of benzene rings is 2. The van der Waals surface area contributed by atoms with Crippen molar-refractivity contribution in [3.05, 3.63) is 59.7 Å². The number of nitrogens with two attached hydrogens (primary N) is 1. The van der Waals surface area contributed by atoms with Gasteiger partial charge in [0.1, 0.15) is 17.7 Å². The van der Waals surface area contributed by atoms with Crippen LogP contribution in [0.25, 0.3) is 0 Å². The maximum absolute atomic E-state index is 13.7. The van der Waals surface area contributed by atoms with E-state index in [4.69, 9.17) is 0 Å². The summed E-state index contributed by atoms with van der Waals surface area (Å²) in [4.78, 5) is 12.2. The van der Waals surface area contributed by atoms with E-state index in [1.165, 1.54) is 50.5 Å². The van der Waals surface area contributed by atoms with Gasteiger partial charge in [-0.05, 0) is 43.3 Å². The molecule has 0 spiro atoms. The number of sulfonamides is 1. The van der Waals surface area contributed by atoms with Crippen molar-refractivity contribution < 1.29 is 27.3 Å². The number of hydrogen-bond acceptors (Lipinski definition) is 3. The van der Waals surface area contributed by atoms with Crippen molar-refractivity contribution in [2.45, 2.75) is 17.9 Å². The first-order valence-electron chi connectivity index (χ1n) is 8.22. The third kappa shape index (κ3) is 5.31. The van der Waals surface area contributed by atoms with Crippen LogP contribution in [0.4, 0.5) is 14.5 Å². The Bertz CT molecular complexity index is 916. The molecule has 1 atom stereocenters. The summed E-state index contributed by atoms with van der Waals surface area (Å²) >= 11 is 0. The third-order valence-electron chi connectivity index (χ3n) is 4.03. The van der Waals surface area contributed by atoms with Gasteiger partial charge in [0.2, 0.25) is 10.0 Å². The van der Waals surface area contributed by atoms with Crippen molar-refractivity contribution in [3.63, 3.8) is 0 Å². The van der Waals surface area contributed by atoms with E-state index in [9.17, 15) is 22.0 Å². The highest BCUT2D eigenvalue weighted by Crippen LogP contribution is 2.17. The number of nitrogens with zero attached hydrogens (tertiary/aromatic N) is 1. The zero-order chi connectivity index (χ0) is 20.2. The summed E-state index contributed by atoms with van der Waals surface area (Å²) in [5.41, 5.74) is 0.758. The maximum atomic E-state index is 13.7. The summed E-state index contributed by atoms with van der Waals surface area (Å²) in [6, 6.07) is 8.78. The normalized spacial score (nSPS) is 12.8. The number of carbonyl (C=O) groups is 1. The molecule has 0 radical (unpaired) electrons. The molecule has 0 aliphatic carbocycles. The highest BCUT2D eigenvalue weighted by molar-refractivity contribution is 7.89. The fraction of sp³-hybridized carbons (Fsp3) is 0.278. The van der Waals surface area contributed by atoms with Crippen molar-refractivity contribution in [2.75, 3.05) is 26.0 Å². The molecule has 1 amide bonds. The standard InChI is InChI=1S/C18H21F2N3O3S/c1-12(16-9-4-13(19)10-17(16)20)21-11-18(24)22-14-5-7-15(8-6-14)27(25,26)23(2)3/h4-10,12,21H,11H2,1-3H3,(H,22,24)/p+1/t12-/m0/s1. The predicted molar refractivity (Wildman–Crippen MR) is 97.5 cm³/mol. The first-order chi connectivity index (χ1) is 12.6. The van der Waals surface area contributed by atoms with Gasteiger partial charge in [0.25, 0.3) is 5.91 Å². The van der Waals surface area contributed by atoms with Crippen LogP contribution in [-0.4, -0.2) is 39.3 Å². The Morgan fingerprint density at radius 1 is 1.15 bits per heavy atom. The van der Waals surface area contributed by atoms with Gasteiger partial charge in [0, 0.05) is 31.4 Å². The van der Waals surface area contributed by atoms with Crippen molar-refractivity contribution in [2.24, 2.45) is 0 Å². The number of amides is 1. The molecular weight excluding hydrogens is 376 g/mol. The fourth-order valence-electron chi connectivity index (χ4n) is 2.41. The minimum Gasteiger partial charge on any atom is -0.332 e. The lowest BCUT2D eigenvalue weighted by atomic mass is 10.1. The van der Waals surface area contributed by atoms with Crippen LogP contribution >= 0.6 is 0 Å². The molecule has 0 fully saturated rings. The Kier molecular flexibility index (Phi) is 6.63. The molecule has 0 aliphatic rings. The van der Waals surface area contributed by atoms with E-state index in [0.717, 1.165) is 10.4 Å². The monoisotopic (exact) mass is 398 g/mol. The van der Waals surface area contributed by atoms with E-state index in [1.807, 2.05) is 0 Å². The number of rotatable bonds is 7. The van der Waals surface area contributed by atoms with Crippen molar-refractivity contribution >= 4 is 21.6 Å². The average Bonchev–Trinajstić information content (AvgIpc) is 2.60. The van der Waals surface area contributed by atoms with Gasteiger partial charge in [-0.1, -0.05) is 0 Å². The number of carbonyl (C=O) groups excluding carboxylic acids is 1. The summed E-state index contributed by atoms with van der Waals surface area (Å²) in [5, 5.41) is 4.27. The lowest BCUT2D eigenvalue weighted by molar-refractivity contribution is -0.682. The van der Waals surface area contributed by atoms with Crippen LogP contribution in [0.5, 0.6) is 0 Å². The molecule has 3 N–H and O–H groups in total. The number of halogens is 2. The second-order valence-electron chi connectivity index (χ2n) is 6.25. The van der Waals surface area contributed by atoms with Crippen LogP contribution in [0.15, 0.2) is 47.4 Å². The molecule has 2 aromatic carbocycles. The van der Waals surface area contributed by atoms with E-state index >= 15 is 0 Å². The molecule has 0 unspecified atom stereocenters. The maximum Gasteiger partial charge on any atom is 0.279 e. The van der Waals surface area contributed by atoms with E-state index in [0.29, 0.717) is 11.3 Å². The molecule has 2 aromatic rings. The van der Waals surface area contributed by atoms with Gasteiger partial charge < -0.3 is 10.6 Å². The molecule has 2 rings (SSSR count). The second kappa shape index (κ2) is 8.55. The highest BCUT2D eigenvalue weighted by atomic mass is 32.2. The molecule has 27 heavy (non-hydrogen) atoms. The number of nitrogens with one attached hydrogen (secondary N) is 1. The van der Waals surface area contributed by atoms with Crippen LogP contribution in [0.3, 0.4) is 0 Å². The number of quaternary nitrogens is 1. The molecule has 0 bridgehead atoms. The van der Waals surface area contributed by atoms with E-state index in [1.54, 1.807) is 12.2 Å². The second-order valence-corrected chi connectivity index (χ2v) is 8.41. The Labute approximate surface area is 157 Å². The molecule has 0 heterocycles. The van der Waals surface area contributed by atoms with Crippen LogP contribution in [-0.2, 0) is 14.8 Å². The summed E-state index contributed by atoms with van der Waals surface area (Å²) in [5.74, 6) is -1.63. The van der Waals surface area contributed by atoms with Crippen molar-refractivity contribution in [3.8, 4) is 0 Å². The molecule has 0 aromatic heterocycles. The predicted octanol–water partition coefficient (Wildman–Crippen LogP) is 1.48. The van der Waals surface area contributed by atoms with E-state index in [-0.39, 0.29) is 23.4 Å². The first-order valence-corrected chi connectivity index (χ1v) is 9.66. The summed E-state index contributed by atoms with van der Waals surface area (Å²) in [6.07, 6.45) is 0. The van der Waals surface area contributed by atoms with Crippen LogP contribution in [0, 0.1) is 11.6 Å². The van der Waals surface area contributed by atoms with Gasteiger partial charge in [-0.15, -0.1) is 0 Å². The quantitative estimate of drug-likeness (QED) is 0.741. The Morgan fingerprint density at radius 2 is 1.78 bits per heavy atom. The molecule has 0 aliphatic heterocycles. The Balaban J connectivity index is 1.94. The SMILES string of the molecule is C[C@H]([NH2+]CC(=O)Nc1ccc(S(=O)(=O)N(C)C)cc1)c1ccc(F)cc1F. The van der Waals surface area contributed by atoms with E-state index in [2.05, 4.69) is 5.32 Å². The van der Waals surface area contributed by atoms with E-state index < -0.39 is 21.7 Å². The van der Waals surface area contributed by atoms with Crippen molar-refractivity contribution in [1.29, 1.82) is 0 Å². The zero-order valence-corrected chi connectivity index (χ0v) is 16.1. The Hall–Kier alpha value is -2.36. The van der Waals surface area contributed by atoms with Crippen LogP contribution in [0.2, 0.25) is 0 Å². The van der Waals surface area contributed by atoms with Gasteiger partial charge in [-0.25, -0.2) is 21.5 Å². The van der Waals surface area contributed by atoms with Gasteiger partial charge in [-0.3, -0.25) is 4.79 Å². The average molecular weight is 398 g/mol. The molecule has 9 heteroatoms. The molecule has 146 valence electrons. The van der Waals surface area contributed by atoms with Gasteiger partial charge >= 0.3 is 0 Å². The minimum absolute atomic E-state index is 0.0235. The summed E-state index contributed by atoms with van der Waals surface area (Å²) in [7, 11) is -0.656. The topological polar surface area (TPSA) is 83.1 Å². The minimum atomic E-state index is -3.53. The van der Waals surface area contributed by atoms with Gasteiger partial charge in [0.05, 0.1) is 4.90 Å². The fourth-order valence-corrected chi connectivity index (χ4v) is 3.32. The molecular formula is C18H22F2N3O3S+. The first kappa shape index (κ1) is 20.9. The van der Waals surface area contributed by atoms with Gasteiger partial charge in [0.15, 0.2) is 6.54 Å². The number of anilines is 1. The molecule has 0 saturated heterocycles. The largest absolute Gasteiger partial charge is 0.332 e. The Morgan fingerprint density at radius 3 is 2.33 bits per heavy atom. The lowest BCUT2D eigenvalue weighted by Crippen LogP contribution is -2.86. The summed E-state index contributed by atoms with van der Waals surface area (Å²) in [6.45, 7) is 1.74. The summed E-state index contributed by atoms with van der Waals surface area (Å²) < 4.78 is 51.8. The third-order valence-corrected chi connectivity index (χ3v) is 5.86. The smallest absolute Gasteiger partial charge is 0.279 e. The molecule has 6 nitrogen and oxygen atoms in total. The number of hydrogen-bond donors (Lipinski definition) is 2. The van der Waals surface area contributed by atoms with Gasteiger partial charge in [-0.2, -0.15) is 0 Å². The van der Waals surface area contributed by atoms with Crippen LogP contribution in [0.1, 0.15) is 18.5 Å². The molecule has 0 saturated carbocycles. The van der Waals surface area contributed by atoms with Crippen molar-refractivity contribution in [1.82, 2.24) is 4.31 Å². The highest BCUT2D eigenvalue weighted by Gasteiger charge is 2.18. The van der Waals surface area contributed by atoms with Crippen LogP contribution < -0.4 is 10.6 Å².